The Labute approximate surface area is 122 Å². The van der Waals surface area contributed by atoms with Crippen molar-refractivity contribution in [2.75, 3.05) is 27.4 Å². The van der Waals surface area contributed by atoms with Crippen LogP contribution in [0.15, 0.2) is 24.3 Å². The maximum Gasteiger partial charge on any atom is 0.110 e. The number of hydrogen-bond donors (Lipinski definition) is 2. The quantitative estimate of drug-likeness (QED) is 0.842. The summed E-state index contributed by atoms with van der Waals surface area (Å²) in [6.07, 6.45) is 0. The van der Waals surface area contributed by atoms with E-state index in [1.807, 2.05) is 26.0 Å². The molecule has 4 heteroatoms. The van der Waals surface area contributed by atoms with Crippen LogP contribution in [-0.2, 0) is 20.7 Å². The number of aliphatic hydroxyl groups is 2. The average Bonchev–Trinajstić information content (AvgIpc) is 2.41. The first-order valence-corrected chi connectivity index (χ1v) is 6.87. The fourth-order valence-electron chi connectivity index (χ4n) is 1.92. The molecular weight excluding hydrogens is 256 g/mol. The summed E-state index contributed by atoms with van der Waals surface area (Å²) in [5, 5.41) is 20.5. The third kappa shape index (κ3) is 5.21. The van der Waals surface area contributed by atoms with Gasteiger partial charge in [0, 0.05) is 14.2 Å². The van der Waals surface area contributed by atoms with Gasteiger partial charge in [0.2, 0.25) is 0 Å². The van der Waals surface area contributed by atoms with Gasteiger partial charge in [-0.25, -0.2) is 0 Å². The molecule has 2 atom stereocenters. The van der Waals surface area contributed by atoms with Crippen molar-refractivity contribution in [2.45, 2.75) is 38.9 Å². The van der Waals surface area contributed by atoms with E-state index < -0.39 is 11.2 Å². The minimum atomic E-state index is -1.08. The first-order chi connectivity index (χ1) is 9.33. The van der Waals surface area contributed by atoms with Crippen molar-refractivity contribution in [1.29, 1.82) is 0 Å². The van der Waals surface area contributed by atoms with Crippen LogP contribution in [0.25, 0.3) is 0 Å². The number of benzene rings is 1. The summed E-state index contributed by atoms with van der Waals surface area (Å²) in [5.74, 6) is 0. The molecule has 0 radical (unpaired) electrons. The predicted octanol–water partition coefficient (Wildman–Crippen LogP) is 2.42. The van der Waals surface area contributed by atoms with E-state index in [-0.39, 0.29) is 13.2 Å². The van der Waals surface area contributed by atoms with Crippen LogP contribution < -0.4 is 0 Å². The van der Waals surface area contributed by atoms with Crippen molar-refractivity contribution in [3.8, 4) is 0 Å². The van der Waals surface area contributed by atoms with Crippen molar-refractivity contribution in [3.05, 3.63) is 35.4 Å². The second kappa shape index (κ2) is 8.37. The van der Waals surface area contributed by atoms with E-state index in [2.05, 4.69) is 0 Å². The minimum Gasteiger partial charge on any atom is -0.383 e. The lowest BCUT2D eigenvalue weighted by atomic mass is 9.90. The Morgan fingerprint density at radius 3 is 1.55 bits per heavy atom. The topological polar surface area (TPSA) is 58.9 Å². The predicted molar refractivity (Wildman–Crippen MR) is 80.7 cm³/mol. The highest BCUT2D eigenvalue weighted by molar-refractivity contribution is 5.31. The van der Waals surface area contributed by atoms with Gasteiger partial charge in [-0.3, -0.25) is 0 Å². The molecule has 0 bridgehead atoms. The number of hydrogen-bond acceptors (Lipinski definition) is 4. The van der Waals surface area contributed by atoms with Gasteiger partial charge < -0.3 is 19.7 Å². The highest BCUT2D eigenvalue weighted by atomic mass is 16.5. The Morgan fingerprint density at radius 1 is 0.900 bits per heavy atom. The summed E-state index contributed by atoms with van der Waals surface area (Å²) >= 11 is 0. The molecule has 0 fully saturated rings. The van der Waals surface area contributed by atoms with Crippen molar-refractivity contribution in [3.63, 3.8) is 0 Å². The lowest BCUT2D eigenvalue weighted by Gasteiger charge is -2.27. The van der Waals surface area contributed by atoms with Crippen LogP contribution in [0, 0.1) is 0 Å². The normalized spacial score (nSPS) is 16.6. The molecule has 1 aromatic carbocycles. The van der Waals surface area contributed by atoms with E-state index >= 15 is 0 Å². The molecule has 0 amide bonds. The summed E-state index contributed by atoms with van der Waals surface area (Å²) in [6, 6.07) is 7.20. The molecule has 20 heavy (non-hydrogen) atoms. The molecule has 4 nitrogen and oxygen atoms in total. The van der Waals surface area contributed by atoms with E-state index in [0.717, 1.165) is 0 Å². The van der Waals surface area contributed by atoms with Crippen LogP contribution in [0.3, 0.4) is 0 Å². The maximum absolute atomic E-state index is 10.3. The van der Waals surface area contributed by atoms with Gasteiger partial charge in [0.25, 0.3) is 0 Å². The molecule has 2 N–H and O–H groups in total. The molecule has 0 saturated carbocycles. The third-order valence-corrected chi connectivity index (χ3v) is 2.96. The molecule has 1 rings (SSSR count). The van der Waals surface area contributed by atoms with Gasteiger partial charge >= 0.3 is 0 Å². The monoisotopic (exact) mass is 284 g/mol. The Balaban J connectivity index is 0.00000172. The van der Waals surface area contributed by atoms with E-state index in [0.29, 0.717) is 11.1 Å². The first-order valence-electron chi connectivity index (χ1n) is 6.87. The van der Waals surface area contributed by atoms with Crippen molar-refractivity contribution in [2.24, 2.45) is 0 Å². The zero-order valence-corrected chi connectivity index (χ0v) is 13.4. The van der Waals surface area contributed by atoms with E-state index in [4.69, 9.17) is 9.47 Å². The van der Waals surface area contributed by atoms with Crippen molar-refractivity contribution < 1.29 is 19.7 Å². The Morgan fingerprint density at radius 2 is 1.25 bits per heavy atom. The Bertz CT molecular complexity index is 353. The molecule has 2 unspecified atom stereocenters. The van der Waals surface area contributed by atoms with Gasteiger partial charge in [-0.1, -0.05) is 32.0 Å². The maximum atomic E-state index is 10.3. The highest BCUT2D eigenvalue weighted by Crippen LogP contribution is 2.27. The molecular formula is C16H28O4. The Hall–Kier alpha value is -0.940. The first kappa shape index (κ1) is 19.1. The molecule has 0 aromatic heterocycles. The highest BCUT2D eigenvalue weighted by Gasteiger charge is 2.27. The largest absolute Gasteiger partial charge is 0.383 e. The smallest absolute Gasteiger partial charge is 0.110 e. The van der Waals surface area contributed by atoms with Crippen molar-refractivity contribution >= 4 is 0 Å². The molecule has 0 heterocycles. The van der Waals surface area contributed by atoms with Gasteiger partial charge in [0.05, 0.1) is 13.2 Å². The van der Waals surface area contributed by atoms with Crippen LogP contribution in [0.1, 0.15) is 38.8 Å². The van der Waals surface area contributed by atoms with Gasteiger partial charge in [-0.2, -0.15) is 0 Å². The van der Waals surface area contributed by atoms with Crippen LogP contribution >= 0.6 is 0 Å². The molecule has 0 aliphatic rings. The van der Waals surface area contributed by atoms with E-state index in [1.165, 1.54) is 0 Å². The van der Waals surface area contributed by atoms with Gasteiger partial charge in [-0.15, -0.1) is 0 Å². The minimum absolute atomic E-state index is 0.197. The SMILES string of the molecule is CC.COCC(C)(O)c1cccc(C(C)(O)COC)c1. The molecule has 0 aliphatic carbocycles. The standard InChI is InChI=1S/C14H22O4.C2H6/c1-13(15,9-17-3)11-6-5-7-12(8-11)14(2,16)10-18-4;1-2/h5-8,15-16H,9-10H2,1-4H3;1-2H3. The molecule has 116 valence electrons. The van der Waals surface area contributed by atoms with E-state index in [1.54, 1.807) is 40.2 Å². The average molecular weight is 284 g/mol. The summed E-state index contributed by atoms with van der Waals surface area (Å²) < 4.78 is 9.99. The second-order valence-corrected chi connectivity index (χ2v) is 4.99. The lowest BCUT2D eigenvalue weighted by molar-refractivity contribution is -0.0258. The summed E-state index contributed by atoms with van der Waals surface area (Å²) in [4.78, 5) is 0. The van der Waals surface area contributed by atoms with Gasteiger partial charge in [0.1, 0.15) is 11.2 Å². The summed E-state index contributed by atoms with van der Waals surface area (Å²) in [5.41, 5.74) is -0.738. The van der Waals surface area contributed by atoms with Crippen LogP contribution in [-0.4, -0.2) is 37.6 Å². The van der Waals surface area contributed by atoms with E-state index in [9.17, 15) is 10.2 Å². The molecule has 0 spiro atoms. The lowest BCUT2D eigenvalue weighted by Crippen LogP contribution is -2.30. The number of rotatable bonds is 6. The Kier molecular flexibility index (Phi) is 7.98. The zero-order valence-electron chi connectivity index (χ0n) is 13.4. The fourth-order valence-corrected chi connectivity index (χ4v) is 1.92. The zero-order chi connectivity index (χ0) is 15.8. The summed E-state index contributed by atoms with van der Waals surface area (Å²) in [6.45, 7) is 7.76. The molecule has 0 aliphatic heterocycles. The molecule has 1 aromatic rings. The second-order valence-electron chi connectivity index (χ2n) is 4.99. The van der Waals surface area contributed by atoms with Gasteiger partial charge in [0.15, 0.2) is 0 Å². The van der Waals surface area contributed by atoms with Crippen LogP contribution in [0.2, 0.25) is 0 Å². The fraction of sp³-hybridized carbons (Fsp3) is 0.625. The van der Waals surface area contributed by atoms with Crippen LogP contribution in [0.5, 0.6) is 0 Å². The third-order valence-electron chi connectivity index (χ3n) is 2.96. The number of ether oxygens (including phenoxy) is 2. The molecule has 0 saturated heterocycles. The summed E-state index contributed by atoms with van der Waals surface area (Å²) in [7, 11) is 3.08. The number of methoxy groups -OCH3 is 2. The van der Waals surface area contributed by atoms with Crippen molar-refractivity contribution in [1.82, 2.24) is 0 Å². The van der Waals surface area contributed by atoms with Crippen LogP contribution in [0.4, 0.5) is 0 Å². The van der Waals surface area contributed by atoms with Gasteiger partial charge in [-0.05, 0) is 31.0 Å².